The second-order valence-electron chi connectivity index (χ2n) is 23.5. The maximum atomic E-state index is 2.65. The quantitative estimate of drug-likeness (QED) is 0.135. The lowest BCUT2D eigenvalue weighted by molar-refractivity contribution is 0.745. The summed E-state index contributed by atoms with van der Waals surface area (Å²) in [5.74, 6) is 0. The number of para-hydroxylation sites is 2. The summed E-state index contributed by atoms with van der Waals surface area (Å²) in [6.45, 7) is 13.4. The van der Waals surface area contributed by atoms with Gasteiger partial charge in [-0.3, -0.25) is 0 Å². The fourth-order valence-corrected chi connectivity index (χ4v) is 14.5. The van der Waals surface area contributed by atoms with Crippen LogP contribution in [0.25, 0.3) is 43.8 Å². The first-order valence-electron chi connectivity index (χ1n) is 29.6. The fraction of sp³-hybridized carbons (Fsp3) is 0.0976. The number of aryl methyl sites for hydroxylation is 4. The standard InChI is InChI=1S/C82H64N2/c1-53-41-71(42-54(2)57(53)5)83(67-33-21-11-22-34-67)69-39-37-59-47-73-75-51-76-74-48-60-38-40-70(84(68-35-23-12-24-36-68)72-43-55(3)58(6)56(4)44-72)46-62(60)50-78(74)82(65-29-17-9-18-30-65,66-31-19-10-20-32-66)80(76)52-79(75)81(63-25-13-7-14-26-63,64-27-15-8-16-28-64)77(73)49-61(59)45-69/h7-52H,1-6H3. The molecule has 2 heteroatoms. The predicted molar refractivity (Wildman–Crippen MR) is 354 cm³/mol. The summed E-state index contributed by atoms with van der Waals surface area (Å²) >= 11 is 0. The van der Waals surface area contributed by atoms with E-state index in [4.69, 9.17) is 0 Å². The summed E-state index contributed by atoms with van der Waals surface area (Å²) in [7, 11) is 0. The molecule has 13 aromatic carbocycles. The van der Waals surface area contributed by atoms with Crippen molar-refractivity contribution in [3.8, 4) is 22.3 Å². The average Bonchev–Trinajstić information content (AvgIpc) is 1.56. The molecular formula is C82H64N2. The molecule has 0 bridgehead atoms. The van der Waals surface area contributed by atoms with Gasteiger partial charge >= 0.3 is 0 Å². The molecule has 402 valence electrons. The molecule has 0 fully saturated rings. The van der Waals surface area contributed by atoms with Crippen LogP contribution in [0.5, 0.6) is 0 Å². The van der Waals surface area contributed by atoms with Crippen molar-refractivity contribution < 1.29 is 0 Å². The minimum absolute atomic E-state index is 0.683. The van der Waals surface area contributed by atoms with Crippen LogP contribution in [0.15, 0.2) is 279 Å². The van der Waals surface area contributed by atoms with Crippen LogP contribution in [0.2, 0.25) is 0 Å². The zero-order valence-corrected chi connectivity index (χ0v) is 48.5. The lowest BCUT2D eigenvalue weighted by atomic mass is 9.64. The normalized spacial score (nSPS) is 13.3. The van der Waals surface area contributed by atoms with Crippen LogP contribution in [0.4, 0.5) is 34.1 Å². The van der Waals surface area contributed by atoms with Crippen LogP contribution in [-0.4, -0.2) is 0 Å². The third-order valence-electron chi connectivity index (χ3n) is 19.0. The number of hydrogen-bond donors (Lipinski definition) is 0. The van der Waals surface area contributed by atoms with Gasteiger partial charge in [-0.05, 0) is 266 Å². The van der Waals surface area contributed by atoms with Gasteiger partial charge in [-0.25, -0.2) is 0 Å². The highest BCUT2D eigenvalue weighted by molar-refractivity contribution is 6.03. The number of anilines is 6. The highest BCUT2D eigenvalue weighted by Gasteiger charge is 2.52. The molecule has 0 aromatic heterocycles. The fourth-order valence-electron chi connectivity index (χ4n) is 14.5. The van der Waals surface area contributed by atoms with Gasteiger partial charge in [-0.1, -0.05) is 176 Å². The molecule has 0 N–H and O–H groups in total. The Morgan fingerprint density at radius 3 is 0.821 bits per heavy atom. The van der Waals surface area contributed by atoms with E-state index < -0.39 is 10.8 Å². The SMILES string of the molecule is Cc1cc(N(c2ccccc2)c2ccc3cc4c(cc3c2)C(c2ccccc2)(c2ccccc2)c2cc3c(cc2-4)-c2cc4ccc(N(c5ccccc5)c5cc(C)c(C)c(C)c5)cc4cc2C3(c2ccccc2)c2ccccc2)cc(C)c1C. The molecular weight excluding hydrogens is 1010 g/mol. The average molecular weight is 1080 g/mol. The van der Waals surface area contributed by atoms with E-state index in [1.54, 1.807) is 0 Å². The molecule has 0 saturated carbocycles. The van der Waals surface area contributed by atoms with Crippen molar-refractivity contribution in [1.29, 1.82) is 0 Å². The molecule has 0 aliphatic heterocycles. The Kier molecular flexibility index (Phi) is 12.0. The molecule has 2 nitrogen and oxygen atoms in total. The van der Waals surface area contributed by atoms with Crippen molar-refractivity contribution in [2.75, 3.05) is 9.80 Å². The number of fused-ring (bicyclic) bond motifs is 8. The number of hydrogen-bond acceptors (Lipinski definition) is 2. The van der Waals surface area contributed by atoms with Gasteiger partial charge < -0.3 is 9.80 Å². The van der Waals surface area contributed by atoms with E-state index in [0.717, 1.165) is 34.1 Å². The molecule has 15 rings (SSSR count). The van der Waals surface area contributed by atoms with Gasteiger partial charge in [-0.2, -0.15) is 0 Å². The maximum absolute atomic E-state index is 2.65. The number of nitrogens with zero attached hydrogens (tertiary/aromatic N) is 2. The Morgan fingerprint density at radius 1 is 0.214 bits per heavy atom. The van der Waals surface area contributed by atoms with Gasteiger partial charge in [0.25, 0.3) is 0 Å². The number of benzene rings is 13. The minimum atomic E-state index is -0.683. The van der Waals surface area contributed by atoms with Crippen molar-refractivity contribution >= 4 is 55.7 Å². The molecule has 84 heavy (non-hydrogen) atoms. The Morgan fingerprint density at radius 2 is 0.500 bits per heavy atom. The van der Waals surface area contributed by atoms with E-state index in [2.05, 4.69) is 330 Å². The minimum Gasteiger partial charge on any atom is -0.310 e. The van der Waals surface area contributed by atoms with E-state index in [1.165, 1.54) is 122 Å². The van der Waals surface area contributed by atoms with Crippen molar-refractivity contribution in [3.05, 3.63) is 357 Å². The molecule has 0 spiro atoms. The van der Waals surface area contributed by atoms with E-state index in [0.29, 0.717) is 0 Å². The van der Waals surface area contributed by atoms with Crippen LogP contribution in [0.3, 0.4) is 0 Å². The molecule has 0 unspecified atom stereocenters. The van der Waals surface area contributed by atoms with Crippen LogP contribution < -0.4 is 9.80 Å². The third-order valence-corrected chi connectivity index (χ3v) is 19.0. The molecule has 2 aliphatic carbocycles. The van der Waals surface area contributed by atoms with Crippen LogP contribution in [-0.2, 0) is 10.8 Å². The third kappa shape index (κ3) is 7.77. The van der Waals surface area contributed by atoms with Gasteiger partial charge in [0.1, 0.15) is 0 Å². The lowest BCUT2D eigenvalue weighted by Crippen LogP contribution is -2.31. The summed E-state index contributed by atoms with van der Waals surface area (Å²) in [5, 5.41) is 4.80. The van der Waals surface area contributed by atoms with E-state index in [9.17, 15) is 0 Å². The molecule has 0 radical (unpaired) electrons. The smallest absolute Gasteiger partial charge is 0.0713 e. The Hall–Kier alpha value is -10.0. The number of rotatable bonds is 10. The zero-order chi connectivity index (χ0) is 56.8. The topological polar surface area (TPSA) is 6.48 Å². The van der Waals surface area contributed by atoms with E-state index in [-0.39, 0.29) is 0 Å². The van der Waals surface area contributed by atoms with Crippen molar-refractivity contribution in [2.24, 2.45) is 0 Å². The summed E-state index contributed by atoms with van der Waals surface area (Å²) in [5.41, 5.74) is 28.4. The molecule has 2 aliphatic rings. The monoisotopic (exact) mass is 1080 g/mol. The first-order valence-corrected chi connectivity index (χ1v) is 29.6. The highest BCUT2D eigenvalue weighted by atomic mass is 15.1. The largest absolute Gasteiger partial charge is 0.310 e. The van der Waals surface area contributed by atoms with Gasteiger partial charge in [-0.15, -0.1) is 0 Å². The van der Waals surface area contributed by atoms with Crippen LogP contribution >= 0.6 is 0 Å². The van der Waals surface area contributed by atoms with E-state index >= 15 is 0 Å². The van der Waals surface area contributed by atoms with Crippen molar-refractivity contribution in [3.63, 3.8) is 0 Å². The van der Waals surface area contributed by atoms with Gasteiger partial charge in [0, 0.05) is 34.1 Å². The van der Waals surface area contributed by atoms with E-state index in [1.807, 2.05) is 0 Å². The Bertz CT molecular complexity index is 4280. The highest BCUT2D eigenvalue weighted by Crippen LogP contribution is 2.63. The summed E-state index contributed by atoms with van der Waals surface area (Å²) in [6, 6.07) is 106. The lowest BCUT2D eigenvalue weighted by Gasteiger charge is -2.37. The molecule has 0 saturated heterocycles. The summed E-state index contributed by atoms with van der Waals surface area (Å²) in [4.78, 5) is 4.85. The van der Waals surface area contributed by atoms with Crippen molar-refractivity contribution in [1.82, 2.24) is 0 Å². The van der Waals surface area contributed by atoms with Gasteiger partial charge in [0.2, 0.25) is 0 Å². The maximum Gasteiger partial charge on any atom is 0.0713 e. The van der Waals surface area contributed by atoms with Crippen LogP contribution in [0.1, 0.15) is 77.9 Å². The summed E-state index contributed by atoms with van der Waals surface area (Å²) in [6.07, 6.45) is 0. The zero-order valence-electron chi connectivity index (χ0n) is 48.5. The van der Waals surface area contributed by atoms with Crippen LogP contribution in [0, 0.1) is 41.5 Å². The molecule has 13 aromatic rings. The second kappa shape index (κ2) is 19.9. The molecule has 0 atom stereocenters. The first-order chi connectivity index (χ1) is 41.1. The Balaban J connectivity index is 1.01. The Labute approximate surface area is 494 Å². The molecule has 0 heterocycles. The second-order valence-corrected chi connectivity index (χ2v) is 23.5. The molecule has 0 amide bonds. The van der Waals surface area contributed by atoms with Gasteiger partial charge in [0.05, 0.1) is 10.8 Å². The van der Waals surface area contributed by atoms with Gasteiger partial charge in [0.15, 0.2) is 0 Å². The van der Waals surface area contributed by atoms with Crippen molar-refractivity contribution in [2.45, 2.75) is 52.4 Å². The first kappa shape index (κ1) is 50.9. The predicted octanol–water partition coefficient (Wildman–Crippen LogP) is 21.5. The summed E-state index contributed by atoms with van der Waals surface area (Å²) < 4.78 is 0.